The molecule has 6 N–H and O–H groups in total. The van der Waals surface area contributed by atoms with Crippen LogP contribution in [0.3, 0.4) is 0 Å². The average Bonchev–Trinajstić information content (AvgIpc) is 2.86. The van der Waals surface area contributed by atoms with Crippen molar-refractivity contribution >= 4 is 23.7 Å². The fourth-order valence-electron chi connectivity index (χ4n) is 3.63. The van der Waals surface area contributed by atoms with E-state index in [9.17, 15) is 24.3 Å². The third-order valence-electron chi connectivity index (χ3n) is 6.02. The number of carboxylic acid groups (broad SMARTS) is 1. The largest absolute Gasteiger partial charge is 0.480 e. The van der Waals surface area contributed by atoms with Gasteiger partial charge in [-0.05, 0) is 24.0 Å². The summed E-state index contributed by atoms with van der Waals surface area (Å²) in [5.41, 5.74) is 7.20. The summed E-state index contributed by atoms with van der Waals surface area (Å²) >= 11 is 0. The van der Waals surface area contributed by atoms with Crippen molar-refractivity contribution in [2.45, 2.75) is 64.2 Å². The summed E-state index contributed by atoms with van der Waals surface area (Å²) in [6.45, 7) is 5.22. The van der Waals surface area contributed by atoms with Crippen molar-refractivity contribution < 1.29 is 24.3 Å². The Morgan fingerprint density at radius 3 is 1.67 bits per heavy atom. The molecule has 0 heterocycles. The lowest BCUT2D eigenvalue weighted by molar-refractivity contribution is -0.142. The minimum atomic E-state index is -1.18. The van der Waals surface area contributed by atoms with E-state index < -0.39 is 47.9 Å². The van der Waals surface area contributed by atoms with Crippen LogP contribution < -0.4 is 21.7 Å². The lowest BCUT2D eigenvalue weighted by Crippen LogP contribution is -2.59. The summed E-state index contributed by atoms with van der Waals surface area (Å²) in [6, 6.07) is 14.1. The Balaban J connectivity index is 2.25. The van der Waals surface area contributed by atoms with Crippen LogP contribution in [0.25, 0.3) is 0 Å². The second-order valence-corrected chi connectivity index (χ2v) is 9.00. The Morgan fingerprint density at radius 1 is 0.750 bits per heavy atom. The van der Waals surface area contributed by atoms with Crippen molar-refractivity contribution in [1.82, 2.24) is 16.0 Å². The first-order valence-corrected chi connectivity index (χ1v) is 12.1. The molecule has 0 aromatic heterocycles. The quantitative estimate of drug-likeness (QED) is 0.283. The third-order valence-corrected chi connectivity index (χ3v) is 6.02. The van der Waals surface area contributed by atoms with Crippen LogP contribution in [0.4, 0.5) is 0 Å². The average molecular weight is 497 g/mol. The molecule has 0 saturated carbocycles. The number of hydrogen-bond donors (Lipinski definition) is 5. The van der Waals surface area contributed by atoms with Crippen LogP contribution in [0.2, 0.25) is 0 Å². The topological polar surface area (TPSA) is 151 Å². The Morgan fingerprint density at radius 2 is 1.22 bits per heavy atom. The first kappa shape index (κ1) is 28.5. The highest BCUT2D eigenvalue weighted by molar-refractivity contribution is 5.94. The maximum Gasteiger partial charge on any atom is 0.326 e. The van der Waals surface area contributed by atoms with E-state index in [1.165, 1.54) is 6.92 Å². The summed E-state index contributed by atoms with van der Waals surface area (Å²) in [5, 5.41) is 17.7. The van der Waals surface area contributed by atoms with E-state index in [1.54, 1.807) is 24.3 Å². The van der Waals surface area contributed by atoms with Crippen LogP contribution >= 0.6 is 0 Å². The maximum absolute atomic E-state index is 13.3. The van der Waals surface area contributed by atoms with E-state index >= 15 is 0 Å². The van der Waals surface area contributed by atoms with Crippen molar-refractivity contribution in [3.63, 3.8) is 0 Å². The molecular weight excluding hydrogens is 460 g/mol. The van der Waals surface area contributed by atoms with Gasteiger partial charge in [-0.15, -0.1) is 0 Å². The molecular formula is C27H36N4O5. The highest BCUT2D eigenvalue weighted by Gasteiger charge is 2.32. The van der Waals surface area contributed by atoms with Crippen molar-refractivity contribution in [1.29, 1.82) is 0 Å². The van der Waals surface area contributed by atoms with Gasteiger partial charge >= 0.3 is 5.97 Å². The molecule has 0 spiro atoms. The lowest BCUT2D eigenvalue weighted by atomic mass is 9.96. The van der Waals surface area contributed by atoms with Crippen molar-refractivity contribution in [3.8, 4) is 0 Å². The Labute approximate surface area is 211 Å². The van der Waals surface area contributed by atoms with Crippen molar-refractivity contribution in [3.05, 3.63) is 71.8 Å². The number of rotatable bonds is 13. The summed E-state index contributed by atoms with van der Waals surface area (Å²) in [6.07, 6.45) is 0.837. The van der Waals surface area contributed by atoms with E-state index in [4.69, 9.17) is 5.73 Å². The zero-order chi connectivity index (χ0) is 26.7. The molecule has 2 rings (SSSR count). The number of amides is 3. The van der Waals surface area contributed by atoms with E-state index in [2.05, 4.69) is 16.0 Å². The predicted octanol–water partition coefficient (Wildman–Crippen LogP) is 1.40. The number of benzene rings is 2. The number of aliphatic carboxylic acids is 1. The molecule has 36 heavy (non-hydrogen) atoms. The molecule has 0 saturated heterocycles. The molecule has 2 aromatic carbocycles. The third kappa shape index (κ3) is 8.81. The molecule has 0 bridgehead atoms. The molecule has 5 unspecified atom stereocenters. The number of carbonyl (C=O) groups excluding carboxylic acids is 3. The Hall–Kier alpha value is -3.72. The fraction of sp³-hybridized carbons (Fsp3) is 0.407. The molecule has 3 amide bonds. The molecule has 0 fully saturated rings. The van der Waals surface area contributed by atoms with Gasteiger partial charge in [0.05, 0.1) is 6.04 Å². The van der Waals surface area contributed by atoms with E-state index in [-0.39, 0.29) is 18.8 Å². The van der Waals surface area contributed by atoms with E-state index in [0.717, 1.165) is 11.1 Å². The smallest absolute Gasteiger partial charge is 0.326 e. The van der Waals surface area contributed by atoms with Gasteiger partial charge in [0.1, 0.15) is 18.1 Å². The van der Waals surface area contributed by atoms with Gasteiger partial charge in [0.15, 0.2) is 0 Å². The molecule has 9 nitrogen and oxygen atoms in total. The second-order valence-electron chi connectivity index (χ2n) is 9.00. The Bertz CT molecular complexity index is 1010. The minimum absolute atomic E-state index is 0.0911. The number of carbonyl (C=O) groups is 4. The first-order valence-electron chi connectivity index (χ1n) is 12.1. The zero-order valence-electron chi connectivity index (χ0n) is 20.9. The van der Waals surface area contributed by atoms with Gasteiger partial charge in [-0.2, -0.15) is 0 Å². The molecule has 194 valence electrons. The lowest BCUT2D eigenvalue weighted by Gasteiger charge is -2.27. The van der Waals surface area contributed by atoms with Crippen LogP contribution in [0.1, 0.15) is 38.3 Å². The standard InChI is InChI=1S/C27H36N4O5/c1-4-17(2)23(31-24(32)18(3)28)26(34)29-21(15-19-11-7-5-8-12-19)25(33)30-22(27(35)36)16-20-13-9-6-10-14-20/h5-14,17-18,21-23H,4,15-16,28H2,1-3H3,(H,29,34)(H,30,33)(H,31,32)(H,35,36). The number of nitrogens with two attached hydrogens (primary N) is 1. The molecule has 2 aromatic rings. The summed E-state index contributed by atoms with van der Waals surface area (Å²) in [5.74, 6) is -3.05. The van der Waals surface area contributed by atoms with Crippen LogP contribution in [0.15, 0.2) is 60.7 Å². The molecule has 0 aliphatic heterocycles. The minimum Gasteiger partial charge on any atom is -0.480 e. The fourth-order valence-corrected chi connectivity index (χ4v) is 3.63. The first-order chi connectivity index (χ1) is 17.1. The highest BCUT2D eigenvalue weighted by atomic mass is 16.4. The predicted molar refractivity (Wildman–Crippen MR) is 137 cm³/mol. The number of carboxylic acids is 1. The van der Waals surface area contributed by atoms with Crippen LogP contribution in [-0.4, -0.2) is 53.0 Å². The normalized spacial score (nSPS) is 15.0. The van der Waals surface area contributed by atoms with E-state index in [0.29, 0.717) is 6.42 Å². The monoisotopic (exact) mass is 496 g/mol. The molecule has 9 heteroatoms. The van der Waals surface area contributed by atoms with Crippen LogP contribution in [0, 0.1) is 5.92 Å². The summed E-state index contributed by atoms with van der Waals surface area (Å²) < 4.78 is 0. The van der Waals surface area contributed by atoms with Gasteiger partial charge in [0.25, 0.3) is 0 Å². The SMILES string of the molecule is CCC(C)C(NC(=O)C(C)N)C(=O)NC(Cc1ccccc1)C(=O)NC(Cc1ccccc1)C(=O)O. The summed E-state index contributed by atoms with van der Waals surface area (Å²) in [7, 11) is 0. The van der Waals surface area contributed by atoms with Crippen molar-refractivity contribution in [2.75, 3.05) is 0 Å². The van der Waals surface area contributed by atoms with Crippen LogP contribution in [0.5, 0.6) is 0 Å². The number of hydrogen-bond acceptors (Lipinski definition) is 5. The van der Waals surface area contributed by atoms with Gasteiger partial charge in [0.2, 0.25) is 17.7 Å². The zero-order valence-corrected chi connectivity index (χ0v) is 20.9. The van der Waals surface area contributed by atoms with Gasteiger partial charge in [-0.3, -0.25) is 14.4 Å². The van der Waals surface area contributed by atoms with E-state index in [1.807, 2.05) is 50.2 Å². The van der Waals surface area contributed by atoms with Gasteiger partial charge in [0, 0.05) is 12.8 Å². The molecule has 5 atom stereocenters. The number of nitrogens with one attached hydrogen (secondary N) is 3. The van der Waals surface area contributed by atoms with Gasteiger partial charge in [-0.1, -0.05) is 80.9 Å². The Kier molecular flexibility index (Phi) is 11.1. The molecule has 0 aliphatic rings. The van der Waals surface area contributed by atoms with Gasteiger partial charge in [-0.25, -0.2) is 4.79 Å². The summed E-state index contributed by atoms with van der Waals surface area (Å²) in [4.78, 5) is 50.7. The maximum atomic E-state index is 13.3. The van der Waals surface area contributed by atoms with Crippen LogP contribution in [-0.2, 0) is 32.0 Å². The van der Waals surface area contributed by atoms with Gasteiger partial charge < -0.3 is 26.8 Å². The highest BCUT2D eigenvalue weighted by Crippen LogP contribution is 2.11. The second kappa shape index (κ2) is 14.0. The molecule has 0 radical (unpaired) electrons. The molecule has 0 aliphatic carbocycles. The van der Waals surface area contributed by atoms with Crippen molar-refractivity contribution in [2.24, 2.45) is 11.7 Å².